The Morgan fingerprint density at radius 1 is 1.44 bits per heavy atom. The molecule has 0 spiro atoms. The molecule has 0 aliphatic rings. The number of hydrogen-bond acceptors (Lipinski definition) is 7. The topological polar surface area (TPSA) is 137 Å². The minimum absolute atomic E-state index is 0.203. The van der Waals surface area contributed by atoms with Crippen LogP contribution in [0, 0.1) is 10.1 Å². The van der Waals surface area contributed by atoms with E-state index in [1.807, 2.05) is 0 Å². The molecule has 1 aromatic rings. The smallest absolute Gasteiger partial charge is 0.406 e. The first-order valence-corrected chi connectivity index (χ1v) is 4.28. The average molecular weight is 230 g/mol. The quantitative estimate of drug-likeness (QED) is 0.387. The molecule has 1 aromatic heterocycles. The first-order valence-electron chi connectivity index (χ1n) is 4.28. The molecule has 88 valence electrons. The minimum atomic E-state index is -1.55. The minimum Gasteiger partial charge on any atom is -0.501 e. The molecule has 0 bridgehead atoms. The molecular weight excluding hydrogens is 220 g/mol. The summed E-state index contributed by atoms with van der Waals surface area (Å²) in [6.07, 6.45) is -3.04. The monoisotopic (exact) mass is 230 g/mol. The third kappa shape index (κ3) is 2.42. The van der Waals surface area contributed by atoms with Gasteiger partial charge in [-0.1, -0.05) is 0 Å². The summed E-state index contributed by atoms with van der Waals surface area (Å²) < 4.78 is 0. The number of nitrogens with zero attached hydrogens (tertiary/aromatic N) is 2. The van der Waals surface area contributed by atoms with Crippen LogP contribution in [-0.2, 0) is 0 Å². The van der Waals surface area contributed by atoms with Crippen molar-refractivity contribution in [1.82, 2.24) is 4.98 Å². The van der Waals surface area contributed by atoms with Crippen molar-refractivity contribution in [3.8, 4) is 5.75 Å². The van der Waals surface area contributed by atoms with Gasteiger partial charge in [0.05, 0.1) is 6.61 Å². The first kappa shape index (κ1) is 12.3. The van der Waals surface area contributed by atoms with Crippen LogP contribution in [0.1, 0.15) is 11.8 Å². The molecule has 16 heavy (non-hydrogen) atoms. The fourth-order valence-electron chi connectivity index (χ4n) is 1.05. The Morgan fingerprint density at radius 2 is 2.06 bits per heavy atom. The maximum absolute atomic E-state index is 10.4. The molecule has 8 heteroatoms. The summed E-state index contributed by atoms with van der Waals surface area (Å²) in [7, 11) is 0. The Kier molecular flexibility index (Phi) is 3.72. The molecule has 1 heterocycles. The van der Waals surface area contributed by atoms with E-state index in [1.54, 1.807) is 0 Å². The van der Waals surface area contributed by atoms with Gasteiger partial charge in [-0.2, -0.15) is 0 Å². The van der Waals surface area contributed by atoms with Crippen LogP contribution in [0.15, 0.2) is 12.1 Å². The maximum Gasteiger partial charge on any atom is 0.406 e. The van der Waals surface area contributed by atoms with E-state index in [9.17, 15) is 15.2 Å². The van der Waals surface area contributed by atoms with Gasteiger partial charge in [0.15, 0.2) is 5.69 Å². The van der Waals surface area contributed by atoms with Gasteiger partial charge in [-0.3, -0.25) is 0 Å². The summed E-state index contributed by atoms with van der Waals surface area (Å²) in [6.45, 7) is -0.711. The summed E-state index contributed by atoms with van der Waals surface area (Å²) in [6, 6.07) is 2.10. The SMILES string of the molecule is O=[N+]([O-])c1nc(C(O)C(O)CO)ccc1O. The summed E-state index contributed by atoms with van der Waals surface area (Å²) in [5, 5.41) is 46.6. The third-order valence-electron chi connectivity index (χ3n) is 1.90. The summed E-state index contributed by atoms with van der Waals surface area (Å²) in [5.74, 6) is -1.46. The van der Waals surface area contributed by atoms with Gasteiger partial charge in [0.2, 0.25) is 5.75 Å². The van der Waals surface area contributed by atoms with Crippen molar-refractivity contribution in [2.45, 2.75) is 12.2 Å². The van der Waals surface area contributed by atoms with E-state index in [2.05, 4.69) is 4.98 Å². The van der Waals surface area contributed by atoms with E-state index in [0.717, 1.165) is 12.1 Å². The van der Waals surface area contributed by atoms with Crippen LogP contribution in [0.2, 0.25) is 0 Å². The number of nitro groups is 1. The average Bonchev–Trinajstić information content (AvgIpc) is 2.27. The summed E-state index contributed by atoms with van der Waals surface area (Å²) >= 11 is 0. The Morgan fingerprint density at radius 3 is 2.56 bits per heavy atom. The van der Waals surface area contributed by atoms with Crippen LogP contribution >= 0.6 is 0 Å². The highest BCUT2D eigenvalue weighted by molar-refractivity contribution is 5.39. The lowest BCUT2D eigenvalue weighted by molar-refractivity contribution is -0.390. The highest BCUT2D eigenvalue weighted by Gasteiger charge is 2.26. The van der Waals surface area contributed by atoms with Gasteiger partial charge in [-0.25, -0.2) is 0 Å². The van der Waals surface area contributed by atoms with E-state index < -0.39 is 35.3 Å². The van der Waals surface area contributed by atoms with Crippen LogP contribution in [0.4, 0.5) is 5.82 Å². The summed E-state index contributed by atoms with van der Waals surface area (Å²) in [5.41, 5.74) is -0.203. The van der Waals surface area contributed by atoms with E-state index in [0.29, 0.717) is 0 Å². The number of aliphatic hydroxyl groups excluding tert-OH is 3. The largest absolute Gasteiger partial charge is 0.501 e. The van der Waals surface area contributed by atoms with E-state index >= 15 is 0 Å². The van der Waals surface area contributed by atoms with Crippen LogP contribution in [0.3, 0.4) is 0 Å². The fourth-order valence-corrected chi connectivity index (χ4v) is 1.05. The van der Waals surface area contributed by atoms with Crippen molar-refractivity contribution in [3.05, 3.63) is 27.9 Å². The lowest BCUT2D eigenvalue weighted by Gasteiger charge is -2.11. The standard InChI is InChI=1S/C8H10N2O6/c11-3-6(13)7(14)4-1-2-5(12)8(9-4)10(15)16/h1-2,6-7,11-14H,3H2. The number of aromatic nitrogens is 1. The molecular formula is C8H10N2O6. The van der Waals surface area contributed by atoms with Crippen LogP contribution < -0.4 is 0 Å². The first-order chi connectivity index (χ1) is 7.47. The van der Waals surface area contributed by atoms with Gasteiger partial charge in [0.25, 0.3) is 0 Å². The number of hydrogen-bond donors (Lipinski definition) is 4. The molecule has 0 aliphatic carbocycles. The Labute approximate surface area is 89.6 Å². The van der Waals surface area contributed by atoms with Crippen molar-refractivity contribution in [1.29, 1.82) is 0 Å². The van der Waals surface area contributed by atoms with E-state index in [4.69, 9.17) is 15.3 Å². The lowest BCUT2D eigenvalue weighted by Crippen LogP contribution is -2.23. The molecule has 0 aromatic carbocycles. The summed E-state index contributed by atoms with van der Waals surface area (Å²) in [4.78, 5) is 12.9. The van der Waals surface area contributed by atoms with Gasteiger partial charge in [0, 0.05) is 0 Å². The van der Waals surface area contributed by atoms with Crippen molar-refractivity contribution in [3.63, 3.8) is 0 Å². The number of aromatic hydroxyl groups is 1. The Hall–Kier alpha value is -1.77. The molecule has 0 saturated carbocycles. The van der Waals surface area contributed by atoms with Crippen LogP contribution in [-0.4, -0.2) is 43.0 Å². The molecule has 0 saturated heterocycles. The molecule has 8 nitrogen and oxygen atoms in total. The van der Waals surface area contributed by atoms with Crippen LogP contribution in [0.5, 0.6) is 5.75 Å². The zero-order valence-electron chi connectivity index (χ0n) is 8.02. The Balaban J connectivity index is 3.07. The number of pyridine rings is 1. The van der Waals surface area contributed by atoms with Gasteiger partial charge >= 0.3 is 5.82 Å². The highest BCUT2D eigenvalue weighted by Crippen LogP contribution is 2.25. The van der Waals surface area contributed by atoms with Crippen molar-refractivity contribution in [2.24, 2.45) is 0 Å². The second-order valence-corrected chi connectivity index (χ2v) is 3.03. The molecule has 0 fully saturated rings. The van der Waals surface area contributed by atoms with E-state index in [1.165, 1.54) is 0 Å². The zero-order valence-corrected chi connectivity index (χ0v) is 8.02. The maximum atomic E-state index is 10.4. The molecule has 2 atom stereocenters. The normalized spacial score (nSPS) is 14.4. The molecule has 0 amide bonds. The van der Waals surface area contributed by atoms with Crippen molar-refractivity contribution >= 4 is 5.82 Å². The third-order valence-corrected chi connectivity index (χ3v) is 1.90. The lowest BCUT2D eigenvalue weighted by atomic mass is 10.1. The van der Waals surface area contributed by atoms with Crippen LogP contribution in [0.25, 0.3) is 0 Å². The number of aliphatic hydroxyl groups is 3. The van der Waals surface area contributed by atoms with Crippen molar-refractivity contribution in [2.75, 3.05) is 6.61 Å². The fraction of sp³-hybridized carbons (Fsp3) is 0.375. The number of rotatable bonds is 4. The molecule has 0 radical (unpaired) electrons. The van der Waals surface area contributed by atoms with E-state index in [-0.39, 0.29) is 5.69 Å². The zero-order chi connectivity index (χ0) is 12.3. The predicted molar refractivity (Wildman–Crippen MR) is 50.6 cm³/mol. The molecule has 1 rings (SSSR count). The second kappa shape index (κ2) is 4.84. The van der Waals surface area contributed by atoms with Gasteiger partial charge in [-0.05, 0) is 22.0 Å². The Bertz CT molecular complexity index is 396. The highest BCUT2D eigenvalue weighted by atomic mass is 16.6. The molecule has 2 unspecified atom stereocenters. The van der Waals surface area contributed by atoms with Gasteiger partial charge in [-0.15, -0.1) is 0 Å². The van der Waals surface area contributed by atoms with Gasteiger partial charge in [0.1, 0.15) is 12.2 Å². The molecule has 4 N–H and O–H groups in total. The molecule has 0 aliphatic heterocycles. The second-order valence-electron chi connectivity index (χ2n) is 3.03. The predicted octanol–water partition coefficient (Wildman–Crippen LogP) is -0.918. The van der Waals surface area contributed by atoms with Crippen molar-refractivity contribution < 1.29 is 25.3 Å². The van der Waals surface area contributed by atoms with Gasteiger partial charge < -0.3 is 30.5 Å².